The summed E-state index contributed by atoms with van der Waals surface area (Å²) in [6, 6.07) is 22.6. The molecule has 5 heterocycles. The van der Waals surface area contributed by atoms with E-state index >= 15 is 0 Å². The Balaban J connectivity index is 1.41. The monoisotopic (exact) mass is 732 g/mol. The molecule has 3 aliphatic heterocycles. The number of halogens is 1. The van der Waals surface area contributed by atoms with Crippen LogP contribution in [0.1, 0.15) is 35.5 Å². The third kappa shape index (κ3) is 3.42. The number of nitrogens with zero attached hydrogens (tertiary/aromatic N) is 3. The number of methoxy groups -OCH3 is 1. The second-order valence-electron chi connectivity index (χ2n) is 12.3. The predicted molar refractivity (Wildman–Crippen MR) is 181 cm³/mol. The van der Waals surface area contributed by atoms with Gasteiger partial charge in [-0.05, 0) is 71.5 Å². The molecule has 6 aromatic rings. The van der Waals surface area contributed by atoms with Crippen LogP contribution in [0.15, 0.2) is 77.7 Å². The summed E-state index contributed by atoms with van der Waals surface area (Å²) in [4.78, 5) is 13.8. The van der Waals surface area contributed by atoms with Gasteiger partial charge in [-0.2, -0.15) is 4.31 Å². The summed E-state index contributed by atoms with van der Waals surface area (Å²) in [7, 11) is -0.620. The van der Waals surface area contributed by atoms with Gasteiger partial charge in [-0.25, -0.2) is 8.42 Å². The Morgan fingerprint density at radius 1 is 0.978 bits per heavy atom. The Morgan fingerprint density at radius 2 is 1.64 bits per heavy atom. The van der Waals surface area contributed by atoms with Crippen molar-refractivity contribution < 1.29 is 22.7 Å². The Kier molecular flexibility index (Phi) is 5.74. The van der Waals surface area contributed by atoms with Crippen molar-refractivity contribution in [2.75, 3.05) is 14.2 Å². The molecular formula is C34H29IN4O5S. The standard InChI is InChI=1S/C34H29IN4O5S/c1-34-32(43-3)25(37(2)45(41,42)19-14-12-18(35)13-15-19)16-26(44-34)38-23-10-6-4-8-20(23)28-29-22(17-36-33(29)40)27-21-9-5-7-11-24(21)39(34)31(27)30(28)38/h4-15,25-26,32H,16-17H2,1-3H3,(H,36,40)/t25-,26?,32-,34+/m1/s1. The first-order valence-electron chi connectivity index (χ1n) is 14.9. The number of fused-ring (bicyclic) bond motifs is 13. The maximum atomic E-state index is 14.2. The maximum Gasteiger partial charge on any atom is 0.252 e. The fourth-order valence-corrected chi connectivity index (χ4v) is 10.0. The molecule has 1 unspecified atom stereocenters. The molecule has 1 saturated heterocycles. The van der Waals surface area contributed by atoms with E-state index in [9.17, 15) is 13.2 Å². The van der Waals surface area contributed by atoms with E-state index in [4.69, 9.17) is 9.47 Å². The van der Waals surface area contributed by atoms with E-state index in [-0.39, 0.29) is 10.8 Å². The Hall–Kier alpha value is -3.49. The molecule has 45 heavy (non-hydrogen) atoms. The van der Waals surface area contributed by atoms with E-state index in [0.29, 0.717) is 18.5 Å². The number of rotatable bonds is 4. The molecule has 0 saturated carbocycles. The summed E-state index contributed by atoms with van der Waals surface area (Å²) in [6.45, 7) is 2.44. The van der Waals surface area contributed by atoms with E-state index in [1.54, 1.807) is 38.4 Å². The third-order valence-corrected chi connectivity index (χ3v) is 12.8. The first-order chi connectivity index (χ1) is 21.7. The van der Waals surface area contributed by atoms with Crippen molar-refractivity contribution in [2.24, 2.45) is 0 Å². The molecule has 1 fully saturated rings. The number of carbonyl (C=O) groups is 1. The Bertz CT molecular complexity index is 2380. The molecule has 0 radical (unpaired) electrons. The summed E-state index contributed by atoms with van der Waals surface area (Å²) in [5.41, 5.74) is 4.33. The van der Waals surface area contributed by atoms with Crippen LogP contribution in [-0.4, -0.2) is 54.1 Å². The lowest BCUT2D eigenvalue weighted by molar-refractivity contribution is -0.262. The fraction of sp³-hybridized carbons (Fsp3) is 0.265. The predicted octanol–water partition coefficient (Wildman–Crippen LogP) is 6.06. The highest BCUT2D eigenvalue weighted by Crippen LogP contribution is 2.54. The molecule has 0 aliphatic carbocycles. The quantitative estimate of drug-likeness (QED) is 0.223. The summed E-state index contributed by atoms with van der Waals surface area (Å²) >= 11 is 2.17. The lowest BCUT2D eigenvalue weighted by atomic mass is 9.93. The van der Waals surface area contributed by atoms with Crippen LogP contribution in [0.2, 0.25) is 0 Å². The van der Waals surface area contributed by atoms with Gasteiger partial charge in [-0.1, -0.05) is 36.4 Å². The highest BCUT2D eigenvalue weighted by Gasteiger charge is 2.55. The minimum absolute atomic E-state index is 0.0815. The largest absolute Gasteiger partial charge is 0.375 e. The average molecular weight is 733 g/mol. The van der Waals surface area contributed by atoms with Crippen LogP contribution in [-0.2, 0) is 31.8 Å². The minimum atomic E-state index is -3.89. The summed E-state index contributed by atoms with van der Waals surface area (Å²) in [6.07, 6.45) is -0.877. The minimum Gasteiger partial charge on any atom is -0.375 e. The zero-order chi connectivity index (χ0) is 31.0. The van der Waals surface area contributed by atoms with Crippen LogP contribution in [0.5, 0.6) is 0 Å². The Morgan fingerprint density at radius 3 is 2.36 bits per heavy atom. The van der Waals surface area contributed by atoms with E-state index in [0.717, 1.165) is 52.7 Å². The van der Waals surface area contributed by atoms with Crippen molar-refractivity contribution in [3.63, 3.8) is 0 Å². The molecule has 228 valence electrons. The molecule has 9 rings (SSSR count). The van der Waals surface area contributed by atoms with Gasteiger partial charge in [0, 0.05) is 52.2 Å². The van der Waals surface area contributed by atoms with Crippen molar-refractivity contribution in [3.05, 3.63) is 87.5 Å². The van der Waals surface area contributed by atoms with Gasteiger partial charge in [0.2, 0.25) is 10.0 Å². The van der Waals surface area contributed by atoms with Crippen LogP contribution >= 0.6 is 22.6 Å². The van der Waals surface area contributed by atoms with Crippen LogP contribution in [0.3, 0.4) is 0 Å². The van der Waals surface area contributed by atoms with Crippen molar-refractivity contribution in [2.45, 2.75) is 48.9 Å². The lowest BCUT2D eigenvalue weighted by Crippen LogP contribution is -2.61. The lowest BCUT2D eigenvalue weighted by Gasteiger charge is -2.50. The SMILES string of the molecule is CO[C@@H]1[C@H](N(C)S(=O)(=O)c2ccc(I)cc2)CC2O[C@]1(C)n1c3ccccc3c3c4c(c5c6ccccc6n2c5c31)C(=O)NC4. The van der Waals surface area contributed by atoms with Crippen LogP contribution in [0.25, 0.3) is 43.6 Å². The van der Waals surface area contributed by atoms with Gasteiger partial charge in [0.1, 0.15) is 12.3 Å². The molecular weight excluding hydrogens is 703 g/mol. The molecule has 2 bridgehead atoms. The highest BCUT2D eigenvalue weighted by molar-refractivity contribution is 14.1. The van der Waals surface area contributed by atoms with Crippen molar-refractivity contribution in [1.29, 1.82) is 0 Å². The number of likely N-dealkylation sites (N-methyl/N-ethyl adjacent to an activating group) is 1. The van der Waals surface area contributed by atoms with Crippen molar-refractivity contribution in [3.8, 4) is 0 Å². The van der Waals surface area contributed by atoms with Gasteiger partial charge in [0.15, 0.2) is 5.72 Å². The zero-order valence-corrected chi connectivity index (χ0v) is 27.7. The number of ether oxygens (including phenoxy) is 2. The topological polar surface area (TPSA) is 94.8 Å². The molecule has 3 aliphatic rings. The van der Waals surface area contributed by atoms with E-state index in [1.165, 1.54) is 4.31 Å². The molecule has 11 heteroatoms. The molecule has 4 aromatic carbocycles. The first-order valence-corrected chi connectivity index (χ1v) is 17.4. The van der Waals surface area contributed by atoms with Gasteiger partial charge >= 0.3 is 0 Å². The van der Waals surface area contributed by atoms with Gasteiger partial charge < -0.3 is 23.9 Å². The number of aromatic nitrogens is 2. The van der Waals surface area contributed by atoms with Gasteiger partial charge in [-0.15, -0.1) is 0 Å². The summed E-state index contributed by atoms with van der Waals surface area (Å²) < 4.78 is 48.7. The number of benzene rings is 4. The van der Waals surface area contributed by atoms with Crippen LogP contribution in [0.4, 0.5) is 0 Å². The van der Waals surface area contributed by atoms with Crippen LogP contribution in [0, 0.1) is 3.57 Å². The number of sulfonamides is 1. The molecule has 9 nitrogen and oxygen atoms in total. The van der Waals surface area contributed by atoms with Gasteiger partial charge in [0.05, 0.1) is 38.6 Å². The number of hydrogen-bond donors (Lipinski definition) is 1. The molecule has 2 aromatic heterocycles. The molecule has 1 N–H and O–H groups in total. The zero-order valence-electron chi connectivity index (χ0n) is 24.7. The summed E-state index contributed by atoms with van der Waals surface area (Å²) in [5, 5.41) is 7.00. The second-order valence-corrected chi connectivity index (χ2v) is 15.5. The van der Waals surface area contributed by atoms with Crippen molar-refractivity contribution >= 4 is 82.1 Å². The Labute approximate surface area is 272 Å². The number of carbonyl (C=O) groups excluding carboxylic acids is 1. The normalized spacial score (nSPS) is 24.3. The molecule has 0 spiro atoms. The molecule has 1 amide bonds. The number of hydrogen-bond acceptors (Lipinski definition) is 5. The number of nitrogens with one attached hydrogen (secondary N) is 1. The number of amides is 1. The summed E-state index contributed by atoms with van der Waals surface area (Å²) in [5.74, 6) is -0.0815. The van der Waals surface area contributed by atoms with Gasteiger partial charge in [0.25, 0.3) is 5.91 Å². The highest BCUT2D eigenvalue weighted by atomic mass is 127. The first kappa shape index (κ1) is 27.8. The average Bonchev–Trinajstić information content (AvgIpc) is 3.68. The van der Waals surface area contributed by atoms with Crippen molar-refractivity contribution in [1.82, 2.24) is 18.8 Å². The van der Waals surface area contributed by atoms with E-state index < -0.39 is 34.1 Å². The third-order valence-electron chi connectivity index (χ3n) is 10.2. The van der Waals surface area contributed by atoms with Gasteiger partial charge in [-0.3, -0.25) is 4.79 Å². The van der Waals surface area contributed by atoms with E-state index in [1.807, 2.05) is 31.2 Å². The van der Waals surface area contributed by atoms with E-state index in [2.05, 4.69) is 61.3 Å². The second kappa shape index (κ2) is 9.29. The molecule has 4 atom stereocenters. The van der Waals surface area contributed by atoms with Crippen LogP contribution < -0.4 is 5.32 Å². The fourth-order valence-electron chi connectivity index (χ4n) is 8.32. The number of para-hydroxylation sites is 2. The smallest absolute Gasteiger partial charge is 0.252 e. The maximum absolute atomic E-state index is 14.2.